The van der Waals surface area contributed by atoms with E-state index in [1.807, 2.05) is 0 Å². The molecular weight excluding hydrogens is 242 g/mol. The SMILES string of the molecule is NC(=O)c1ccc([N+](=O)[O-])c(C2CC2)c1[N+](=O)[O-]. The van der Waals surface area contributed by atoms with E-state index < -0.39 is 21.4 Å². The zero-order valence-electron chi connectivity index (χ0n) is 9.16. The Morgan fingerprint density at radius 1 is 1.22 bits per heavy atom. The maximum atomic E-state index is 11.2. The van der Waals surface area contributed by atoms with Crippen LogP contribution in [0.4, 0.5) is 11.4 Å². The maximum absolute atomic E-state index is 11.2. The summed E-state index contributed by atoms with van der Waals surface area (Å²) in [6.07, 6.45) is 1.29. The van der Waals surface area contributed by atoms with Gasteiger partial charge in [0.15, 0.2) is 0 Å². The van der Waals surface area contributed by atoms with E-state index in [2.05, 4.69) is 0 Å². The maximum Gasteiger partial charge on any atom is 0.292 e. The van der Waals surface area contributed by atoms with Crippen molar-refractivity contribution in [1.29, 1.82) is 0 Å². The quantitative estimate of drug-likeness (QED) is 0.639. The molecule has 8 nitrogen and oxygen atoms in total. The molecular formula is C10H9N3O5. The zero-order valence-corrected chi connectivity index (χ0v) is 9.16. The van der Waals surface area contributed by atoms with Gasteiger partial charge < -0.3 is 5.73 Å². The van der Waals surface area contributed by atoms with Gasteiger partial charge in [0.1, 0.15) is 11.1 Å². The fourth-order valence-electron chi connectivity index (χ4n) is 1.93. The van der Waals surface area contributed by atoms with Gasteiger partial charge in [-0.05, 0) is 24.8 Å². The van der Waals surface area contributed by atoms with Crippen LogP contribution in [0.5, 0.6) is 0 Å². The number of carbonyl (C=O) groups is 1. The molecule has 0 bridgehead atoms. The first-order valence-corrected chi connectivity index (χ1v) is 5.19. The lowest BCUT2D eigenvalue weighted by Crippen LogP contribution is -2.15. The molecule has 0 aliphatic heterocycles. The Labute approximate surface area is 101 Å². The van der Waals surface area contributed by atoms with Crippen molar-refractivity contribution in [1.82, 2.24) is 0 Å². The summed E-state index contributed by atoms with van der Waals surface area (Å²) in [5.74, 6) is -1.19. The average molecular weight is 251 g/mol. The van der Waals surface area contributed by atoms with Gasteiger partial charge in [0.05, 0.1) is 9.85 Å². The molecule has 18 heavy (non-hydrogen) atoms. The fourth-order valence-corrected chi connectivity index (χ4v) is 1.93. The van der Waals surface area contributed by atoms with Crippen molar-refractivity contribution in [2.45, 2.75) is 18.8 Å². The third kappa shape index (κ3) is 1.88. The van der Waals surface area contributed by atoms with Crippen LogP contribution < -0.4 is 5.73 Å². The topological polar surface area (TPSA) is 129 Å². The molecule has 1 fully saturated rings. The minimum Gasteiger partial charge on any atom is -0.365 e. The van der Waals surface area contributed by atoms with Gasteiger partial charge in [0.2, 0.25) is 0 Å². The molecule has 1 aliphatic carbocycles. The van der Waals surface area contributed by atoms with E-state index in [0.29, 0.717) is 12.8 Å². The molecule has 2 rings (SSSR count). The first kappa shape index (κ1) is 12.0. The van der Waals surface area contributed by atoms with Gasteiger partial charge >= 0.3 is 0 Å². The van der Waals surface area contributed by atoms with E-state index in [0.717, 1.165) is 12.1 Å². The number of hydrogen-bond donors (Lipinski definition) is 1. The monoisotopic (exact) mass is 251 g/mol. The molecule has 1 aliphatic rings. The van der Waals surface area contributed by atoms with E-state index in [1.165, 1.54) is 0 Å². The largest absolute Gasteiger partial charge is 0.365 e. The second kappa shape index (κ2) is 4.06. The number of primary amides is 1. The van der Waals surface area contributed by atoms with Crippen LogP contribution in [-0.4, -0.2) is 15.8 Å². The standard InChI is InChI=1S/C10H9N3O5/c11-10(14)6-3-4-7(12(15)16)8(5-1-2-5)9(6)13(17)18/h3-5H,1-2H2,(H2,11,14). The minimum absolute atomic E-state index is 0.0151. The van der Waals surface area contributed by atoms with Crippen LogP contribution in [-0.2, 0) is 0 Å². The summed E-state index contributed by atoms with van der Waals surface area (Å²) in [5.41, 5.74) is 3.93. The minimum atomic E-state index is -0.960. The Hall–Kier alpha value is -2.51. The van der Waals surface area contributed by atoms with E-state index in [1.54, 1.807) is 0 Å². The summed E-state index contributed by atoms with van der Waals surface area (Å²) in [6.45, 7) is 0. The molecule has 94 valence electrons. The Balaban J connectivity index is 2.76. The Kier molecular flexibility index (Phi) is 2.70. The van der Waals surface area contributed by atoms with E-state index in [4.69, 9.17) is 5.73 Å². The summed E-state index contributed by atoms with van der Waals surface area (Å²) < 4.78 is 0. The number of nitrogens with two attached hydrogens (primary N) is 1. The van der Waals surface area contributed by atoms with Crippen molar-refractivity contribution < 1.29 is 14.6 Å². The summed E-state index contributed by atoms with van der Waals surface area (Å²) in [7, 11) is 0. The van der Waals surface area contributed by atoms with Gasteiger partial charge in [-0.2, -0.15) is 0 Å². The van der Waals surface area contributed by atoms with E-state index in [9.17, 15) is 25.0 Å². The number of nitro groups is 2. The van der Waals surface area contributed by atoms with Gasteiger partial charge in [-0.3, -0.25) is 25.0 Å². The highest BCUT2D eigenvalue weighted by Gasteiger charge is 2.40. The van der Waals surface area contributed by atoms with Crippen molar-refractivity contribution in [3.63, 3.8) is 0 Å². The third-order valence-corrected chi connectivity index (χ3v) is 2.82. The molecule has 0 unspecified atom stereocenters. The number of benzene rings is 1. The first-order chi connectivity index (χ1) is 8.43. The molecule has 1 aromatic rings. The third-order valence-electron chi connectivity index (χ3n) is 2.82. The van der Waals surface area contributed by atoms with Crippen molar-refractivity contribution in [2.75, 3.05) is 0 Å². The lowest BCUT2D eigenvalue weighted by molar-refractivity contribution is -0.395. The van der Waals surface area contributed by atoms with Crippen LogP contribution in [0.3, 0.4) is 0 Å². The van der Waals surface area contributed by atoms with Crippen molar-refractivity contribution in [3.05, 3.63) is 43.5 Å². The van der Waals surface area contributed by atoms with Gasteiger partial charge in [0.25, 0.3) is 17.3 Å². The lowest BCUT2D eigenvalue weighted by Gasteiger charge is -2.05. The number of amides is 1. The van der Waals surface area contributed by atoms with E-state index >= 15 is 0 Å². The molecule has 2 N–H and O–H groups in total. The Morgan fingerprint density at radius 2 is 1.83 bits per heavy atom. The Morgan fingerprint density at radius 3 is 2.22 bits per heavy atom. The van der Waals surface area contributed by atoms with Crippen molar-refractivity contribution in [2.24, 2.45) is 5.73 Å². The molecule has 8 heteroatoms. The average Bonchev–Trinajstić information content (AvgIpc) is 3.10. The lowest BCUT2D eigenvalue weighted by atomic mass is 10.0. The fraction of sp³-hybridized carbons (Fsp3) is 0.300. The van der Waals surface area contributed by atoms with Gasteiger partial charge in [-0.15, -0.1) is 0 Å². The van der Waals surface area contributed by atoms with Crippen LogP contribution >= 0.6 is 0 Å². The van der Waals surface area contributed by atoms with Crippen LogP contribution in [0.1, 0.15) is 34.7 Å². The molecule has 0 aromatic heterocycles. The van der Waals surface area contributed by atoms with Gasteiger partial charge in [-0.25, -0.2) is 0 Å². The molecule has 0 saturated heterocycles. The molecule has 0 atom stereocenters. The molecule has 1 saturated carbocycles. The van der Waals surface area contributed by atoms with Crippen LogP contribution in [0.2, 0.25) is 0 Å². The van der Waals surface area contributed by atoms with Gasteiger partial charge in [0, 0.05) is 6.07 Å². The predicted molar refractivity (Wildman–Crippen MR) is 60.2 cm³/mol. The normalized spacial score (nSPS) is 14.2. The second-order valence-corrected chi connectivity index (χ2v) is 4.05. The second-order valence-electron chi connectivity index (χ2n) is 4.05. The summed E-state index contributed by atoms with van der Waals surface area (Å²) in [4.78, 5) is 31.6. The van der Waals surface area contributed by atoms with Crippen molar-refractivity contribution in [3.8, 4) is 0 Å². The van der Waals surface area contributed by atoms with E-state index in [-0.39, 0.29) is 22.7 Å². The summed E-state index contributed by atoms with van der Waals surface area (Å²) >= 11 is 0. The van der Waals surface area contributed by atoms with Crippen LogP contribution in [0, 0.1) is 20.2 Å². The van der Waals surface area contributed by atoms with Crippen LogP contribution in [0.15, 0.2) is 12.1 Å². The van der Waals surface area contributed by atoms with Crippen LogP contribution in [0.25, 0.3) is 0 Å². The highest BCUT2D eigenvalue weighted by Crippen LogP contribution is 2.49. The summed E-state index contributed by atoms with van der Waals surface area (Å²) in [5, 5.41) is 21.9. The highest BCUT2D eigenvalue weighted by molar-refractivity contribution is 5.98. The number of nitrogens with zero attached hydrogens (tertiary/aromatic N) is 2. The molecule has 1 aromatic carbocycles. The predicted octanol–water partition coefficient (Wildman–Crippen LogP) is 1.48. The zero-order chi connectivity index (χ0) is 13.4. The smallest absolute Gasteiger partial charge is 0.292 e. The van der Waals surface area contributed by atoms with Crippen molar-refractivity contribution >= 4 is 17.3 Å². The number of rotatable bonds is 4. The van der Waals surface area contributed by atoms with Gasteiger partial charge in [-0.1, -0.05) is 0 Å². The highest BCUT2D eigenvalue weighted by atomic mass is 16.6. The first-order valence-electron chi connectivity index (χ1n) is 5.19. The molecule has 0 heterocycles. The number of nitro benzene ring substituents is 2. The molecule has 0 spiro atoms. The number of carbonyl (C=O) groups excluding carboxylic acids is 1. The Bertz CT molecular complexity index is 565. The summed E-state index contributed by atoms with van der Waals surface area (Å²) in [6, 6.07) is 2.13. The molecule has 1 amide bonds. The number of hydrogen-bond acceptors (Lipinski definition) is 5. The molecule has 0 radical (unpaired) electrons.